The Labute approximate surface area is 860 Å². The van der Waals surface area contributed by atoms with Crippen LogP contribution in [0.5, 0.6) is 103 Å². The Bertz CT molecular complexity index is 5470. The van der Waals surface area contributed by atoms with Crippen LogP contribution < -0.4 is 85.3 Å². The van der Waals surface area contributed by atoms with E-state index in [-0.39, 0.29) is 0 Å². The first-order valence-corrected chi connectivity index (χ1v) is 53.0. The molecule has 0 aliphatic carbocycles. The molecule has 0 saturated carbocycles. The van der Waals surface area contributed by atoms with E-state index in [9.17, 15) is 0 Å². The zero-order valence-electron chi connectivity index (χ0n) is 89.5. The Kier molecular flexibility index (Phi) is 50.2. The second kappa shape index (κ2) is 63.7. The van der Waals surface area contributed by atoms with Crippen LogP contribution in [-0.4, -0.2) is 127 Å². The summed E-state index contributed by atoms with van der Waals surface area (Å²) >= 11 is 0. The highest BCUT2D eigenvalue weighted by Gasteiger charge is 2.23. The summed E-state index contributed by atoms with van der Waals surface area (Å²) < 4.78 is 101. The molecule has 9 aromatic carbocycles. The van der Waals surface area contributed by atoms with Crippen LogP contribution in [0, 0.1) is 53.3 Å². The van der Waals surface area contributed by atoms with Gasteiger partial charge in [0.25, 0.3) is 0 Å². The second-order valence-corrected chi connectivity index (χ2v) is 40.4. The summed E-state index contributed by atoms with van der Waals surface area (Å²) in [7, 11) is 0. The predicted octanol–water partition coefficient (Wildman–Crippen LogP) is 30.3. The van der Waals surface area contributed by atoms with Crippen LogP contribution in [-0.2, 0) is 19.3 Å². The molecule has 0 saturated heterocycles. The third kappa shape index (κ3) is 41.7. The van der Waals surface area contributed by atoms with Crippen LogP contribution in [0.3, 0.4) is 0 Å². The first-order chi connectivity index (χ1) is 69.9. The van der Waals surface area contributed by atoms with Gasteiger partial charge < -0.3 is 85.3 Å². The van der Waals surface area contributed by atoms with Gasteiger partial charge in [-0.25, -0.2) is 0 Å². The number of hydrogen-bond donors (Lipinski definition) is 0. The summed E-state index contributed by atoms with van der Waals surface area (Å²) in [5, 5.41) is 3.37. The van der Waals surface area contributed by atoms with Crippen LogP contribution >= 0.6 is 0 Å². The highest BCUT2D eigenvalue weighted by Crippen LogP contribution is 2.44. The molecule has 0 radical (unpaired) electrons. The second-order valence-electron chi connectivity index (χ2n) is 40.4. The van der Waals surface area contributed by atoms with Gasteiger partial charge in [0.1, 0.15) is 53.5 Å². The third-order valence-corrected chi connectivity index (χ3v) is 23.7. The number of para-hydroxylation sites is 5. The van der Waals surface area contributed by atoms with Crippen molar-refractivity contribution in [2.45, 2.75) is 227 Å². The van der Waals surface area contributed by atoms with Crippen LogP contribution in [0.25, 0.3) is 32.7 Å². The van der Waals surface area contributed by atoms with Gasteiger partial charge in [-0.3, -0.25) is 15.0 Å². The summed E-state index contributed by atoms with van der Waals surface area (Å²) in [5.74, 6) is 21.5. The van der Waals surface area contributed by atoms with E-state index >= 15 is 0 Å². The SMILES string of the molecule is CC(C)CCOc1ccc2c(c1)OCCC2.CC(C)CCOc1ccc2c(c1)OCCCC2.CC(C)CCOc1ccc2cccnc2c1.CC(C)CCOc1cccc2c1OCC2.CC(C)CCOc1cccc2c1OCCCO2.CC(C)CCOc1cccc2c1OCCO2.CC(C)CCOc1cccc2c1OCO2.CC(C)CCOc1cccc2ncccc12.CC(C)CCOc1cnc2ccccc2c1. The van der Waals surface area contributed by atoms with E-state index in [4.69, 9.17) is 85.3 Å². The number of pyridine rings is 3. The molecule has 0 amide bonds. The smallest absolute Gasteiger partial charge is 0.231 e. The number of aryl methyl sites for hydroxylation is 2. The molecule has 0 spiro atoms. The number of benzene rings is 9. The molecule has 21 nitrogen and oxygen atoms in total. The molecule has 3 aromatic heterocycles. The highest BCUT2D eigenvalue weighted by molar-refractivity contribution is 5.85. The molecule has 6 aliphatic heterocycles. The maximum Gasteiger partial charge on any atom is 0.231 e. The molecule has 21 heteroatoms. The number of hydrogen-bond acceptors (Lipinski definition) is 21. The van der Waals surface area contributed by atoms with Crippen molar-refractivity contribution in [2.75, 3.05) is 113 Å². The fourth-order valence-electron chi connectivity index (χ4n) is 14.9. The maximum absolute atomic E-state index is 5.79. The van der Waals surface area contributed by atoms with E-state index in [2.05, 4.69) is 176 Å². The maximum atomic E-state index is 5.79. The first-order valence-electron chi connectivity index (χ1n) is 53.0. The lowest BCUT2D eigenvalue weighted by molar-refractivity contribution is 0.161. The van der Waals surface area contributed by atoms with Crippen molar-refractivity contribution in [2.24, 2.45) is 53.3 Å². The molecule has 780 valence electrons. The van der Waals surface area contributed by atoms with Gasteiger partial charge >= 0.3 is 0 Å². The molecule has 0 unspecified atom stereocenters. The van der Waals surface area contributed by atoms with Crippen molar-refractivity contribution >= 4 is 32.7 Å². The van der Waals surface area contributed by atoms with Crippen LogP contribution in [0.2, 0.25) is 0 Å². The molecular formula is C123H165N3O18. The molecule has 0 bridgehead atoms. The monoisotopic (exact) mass is 1970 g/mol. The van der Waals surface area contributed by atoms with Gasteiger partial charge in [-0.1, -0.05) is 197 Å². The Morgan fingerprint density at radius 2 is 0.604 bits per heavy atom. The number of aromatic nitrogens is 3. The molecular weight excluding hydrogens is 1810 g/mol. The minimum absolute atomic E-state index is 0.292. The Morgan fingerprint density at radius 1 is 0.229 bits per heavy atom. The van der Waals surface area contributed by atoms with E-state index in [1.807, 2.05) is 164 Å². The van der Waals surface area contributed by atoms with Gasteiger partial charge in [0.15, 0.2) is 46.0 Å². The van der Waals surface area contributed by atoms with Gasteiger partial charge in [0.05, 0.1) is 115 Å². The van der Waals surface area contributed by atoms with Crippen LogP contribution in [0.4, 0.5) is 0 Å². The average molecular weight is 1970 g/mol. The zero-order chi connectivity index (χ0) is 102. The van der Waals surface area contributed by atoms with Crippen molar-refractivity contribution in [1.29, 1.82) is 0 Å². The fraction of sp³-hybridized carbons (Fsp3) is 0.488. The molecule has 0 fully saturated rings. The van der Waals surface area contributed by atoms with E-state index in [0.717, 1.165) is 312 Å². The van der Waals surface area contributed by atoms with E-state index < -0.39 is 0 Å². The molecule has 6 aliphatic rings. The molecule has 9 heterocycles. The molecule has 12 aromatic rings. The van der Waals surface area contributed by atoms with E-state index in [1.165, 1.54) is 23.1 Å². The summed E-state index contributed by atoms with van der Waals surface area (Å²) in [6, 6.07) is 66.0. The van der Waals surface area contributed by atoms with Crippen LogP contribution in [0.1, 0.15) is 225 Å². The summed E-state index contributed by atoms with van der Waals surface area (Å²) in [6.45, 7) is 51.7. The van der Waals surface area contributed by atoms with Gasteiger partial charge in [-0.2, -0.15) is 0 Å². The van der Waals surface area contributed by atoms with Gasteiger partial charge in [0.2, 0.25) is 24.0 Å². The minimum Gasteiger partial charge on any atom is -0.494 e. The normalized spacial score (nSPS) is 13.1. The zero-order valence-corrected chi connectivity index (χ0v) is 89.5. The average Bonchev–Trinajstić information content (AvgIpc) is 1.50. The van der Waals surface area contributed by atoms with E-state index in [0.29, 0.717) is 86.5 Å². The van der Waals surface area contributed by atoms with E-state index in [1.54, 1.807) is 18.6 Å². The lowest BCUT2D eigenvalue weighted by Gasteiger charge is -2.21. The minimum atomic E-state index is 0.292. The lowest BCUT2D eigenvalue weighted by Crippen LogP contribution is -2.16. The molecule has 18 rings (SSSR count). The summed E-state index contributed by atoms with van der Waals surface area (Å²) in [5.41, 5.74) is 6.89. The Morgan fingerprint density at radius 3 is 1.15 bits per heavy atom. The first kappa shape index (κ1) is 114. The molecule has 144 heavy (non-hydrogen) atoms. The number of fused-ring (bicyclic) bond motifs is 9. The number of rotatable bonds is 36. The Hall–Kier alpha value is -12.4. The largest absolute Gasteiger partial charge is 0.494 e. The number of nitrogens with zero attached hydrogens (tertiary/aromatic N) is 3. The lowest BCUT2D eigenvalue weighted by atomic mass is 10.1. The van der Waals surface area contributed by atoms with Gasteiger partial charge in [-0.15, -0.1) is 0 Å². The standard InChI is InChI=1S/C15H22O2.3C14H17NO.C14H20O3.C14H20O2.C13H18O3.C13H18O2.C12H16O3/c1-12(2)8-10-16-14-7-6-13-5-3-4-9-17-15(13)11-14;1-11(2)8-10-16-14-7-3-6-13-12(14)5-4-9-15-13;1-11(2)7-9-16-13-6-5-12-4-3-8-15-14(12)10-13;1-11(2)7-8-16-13-9-12-5-3-4-6-14(12)15-10-13;1-11(2)7-10-16-13-6-3-5-12-14(13)17-9-4-8-15-12;1-11(2)7-9-15-13-6-5-12-4-3-8-16-14(12)10-13;1-10(2)6-7-14-11-4-3-5-12-13(11)16-9-8-15-12;1-10(2)6-8-14-12-5-3-4-11-7-9-15-13(11)12;1-9(2)6-7-13-10-4-3-5-11-12(10)15-8-14-11/h6-7,11-12H,3-5,8-10H2,1-2H3;3-7,9,11H,8,10H2,1-2H3;3-6,8,10-11H,7,9H2,1-2H3;3-6,9-11H,7-8H2,1-2H3;3,5-6,11H,4,7-10H2,1-2H3;5-6,10-11H,3-4,7-9H2,1-2H3;3-5,10H,6-9H2,1-2H3;3-5,10H,6-9H2,1-2H3;3-5,9H,6-8H2,1-2H3. The topological polar surface area (TPSA) is 205 Å². The van der Waals surface area contributed by atoms with Gasteiger partial charge in [-0.05, 0) is 263 Å². The predicted molar refractivity (Wildman–Crippen MR) is 583 cm³/mol. The van der Waals surface area contributed by atoms with Crippen molar-refractivity contribution in [3.8, 4) is 103 Å². The number of ether oxygens (including phenoxy) is 18. The summed E-state index contributed by atoms with van der Waals surface area (Å²) in [4.78, 5) is 13.0. The molecule has 0 N–H and O–H groups in total. The Balaban J connectivity index is 0.000000166. The van der Waals surface area contributed by atoms with Crippen molar-refractivity contribution < 1.29 is 85.3 Å². The van der Waals surface area contributed by atoms with Crippen LogP contribution in [0.15, 0.2) is 219 Å². The summed E-state index contributed by atoms with van der Waals surface area (Å²) in [6.07, 6.45) is 22.7. The van der Waals surface area contributed by atoms with Crippen molar-refractivity contribution in [3.05, 3.63) is 235 Å². The third-order valence-electron chi connectivity index (χ3n) is 23.7. The van der Waals surface area contributed by atoms with Crippen molar-refractivity contribution in [3.63, 3.8) is 0 Å². The fourth-order valence-corrected chi connectivity index (χ4v) is 14.9. The highest BCUT2D eigenvalue weighted by atomic mass is 16.7. The molecule has 0 atom stereocenters. The van der Waals surface area contributed by atoms with Crippen molar-refractivity contribution in [1.82, 2.24) is 15.0 Å². The van der Waals surface area contributed by atoms with Gasteiger partial charge in [0, 0.05) is 65.2 Å². The quantitative estimate of drug-likeness (QED) is 0.0358.